The average molecular weight is 235 g/mol. The predicted octanol–water partition coefficient (Wildman–Crippen LogP) is 2.65. The van der Waals surface area contributed by atoms with Crippen molar-refractivity contribution < 1.29 is 4.74 Å². The van der Waals surface area contributed by atoms with E-state index in [4.69, 9.17) is 10.5 Å². The Hall–Kier alpha value is -1.32. The van der Waals surface area contributed by atoms with Gasteiger partial charge in [-0.15, -0.1) is 0 Å². The highest BCUT2D eigenvalue weighted by atomic mass is 16.5. The number of hydrogen-bond donors (Lipinski definition) is 1. The molecule has 1 aliphatic carbocycles. The van der Waals surface area contributed by atoms with Gasteiger partial charge in [-0.3, -0.25) is 0 Å². The topological polar surface area (TPSA) is 61.0 Å². The van der Waals surface area contributed by atoms with Gasteiger partial charge in [0, 0.05) is 6.20 Å². The third-order valence-corrected chi connectivity index (χ3v) is 3.27. The molecule has 2 N–H and O–H groups in total. The Kier molecular flexibility index (Phi) is 3.22. The largest absolute Gasteiger partial charge is 0.460 e. The molecule has 0 amide bonds. The van der Waals surface area contributed by atoms with Crippen LogP contribution in [-0.2, 0) is 0 Å². The molecule has 0 aliphatic heterocycles. The molecule has 2 atom stereocenters. The molecule has 2 unspecified atom stereocenters. The van der Waals surface area contributed by atoms with Crippen molar-refractivity contribution in [3.8, 4) is 6.01 Å². The van der Waals surface area contributed by atoms with Gasteiger partial charge in [-0.2, -0.15) is 4.98 Å². The molecule has 1 aromatic rings. The molecule has 4 heteroatoms. The minimum Gasteiger partial charge on any atom is -0.460 e. The van der Waals surface area contributed by atoms with Gasteiger partial charge in [-0.25, -0.2) is 4.98 Å². The summed E-state index contributed by atoms with van der Waals surface area (Å²) in [6, 6.07) is 2.07. The Bertz CT molecular complexity index is 392. The molecule has 0 spiro atoms. The van der Waals surface area contributed by atoms with Crippen molar-refractivity contribution in [2.45, 2.75) is 46.1 Å². The smallest absolute Gasteiger partial charge is 0.318 e. The Morgan fingerprint density at radius 3 is 2.82 bits per heavy atom. The quantitative estimate of drug-likeness (QED) is 0.856. The Morgan fingerprint density at radius 1 is 1.41 bits per heavy atom. The molecule has 0 aromatic carbocycles. The molecule has 1 fully saturated rings. The van der Waals surface area contributed by atoms with Crippen LogP contribution < -0.4 is 10.5 Å². The minimum atomic E-state index is 0.204. The molecule has 0 bridgehead atoms. The van der Waals surface area contributed by atoms with Gasteiger partial charge in [0.05, 0.1) is 0 Å². The van der Waals surface area contributed by atoms with Crippen LogP contribution >= 0.6 is 0 Å². The first kappa shape index (κ1) is 12.1. The van der Waals surface area contributed by atoms with Crippen LogP contribution in [0.1, 0.15) is 40.0 Å². The van der Waals surface area contributed by atoms with E-state index in [1.165, 1.54) is 6.42 Å². The Morgan fingerprint density at radius 2 is 2.18 bits per heavy atom. The van der Waals surface area contributed by atoms with E-state index >= 15 is 0 Å². The van der Waals surface area contributed by atoms with Crippen LogP contribution in [0.15, 0.2) is 12.3 Å². The molecular weight excluding hydrogens is 214 g/mol. The van der Waals surface area contributed by atoms with Gasteiger partial charge in [0.2, 0.25) is 0 Å². The van der Waals surface area contributed by atoms with Gasteiger partial charge in [0.15, 0.2) is 0 Å². The van der Waals surface area contributed by atoms with Gasteiger partial charge in [-0.05, 0) is 36.7 Å². The molecule has 1 saturated carbocycles. The van der Waals surface area contributed by atoms with Crippen molar-refractivity contribution in [1.82, 2.24) is 9.97 Å². The second-order valence-corrected chi connectivity index (χ2v) is 5.92. The Balaban J connectivity index is 2.03. The van der Waals surface area contributed by atoms with Crippen molar-refractivity contribution in [1.29, 1.82) is 0 Å². The monoisotopic (exact) mass is 235 g/mol. The summed E-state index contributed by atoms with van der Waals surface area (Å²) in [6.45, 7) is 6.86. The normalized spacial score (nSPS) is 27.7. The second-order valence-electron chi connectivity index (χ2n) is 5.92. The zero-order chi connectivity index (χ0) is 12.5. The van der Waals surface area contributed by atoms with Crippen LogP contribution in [-0.4, -0.2) is 16.1 Å². The highest BCUT2D eigenvalue weighted by Crippen LogP contribution is 2.39. The van der Waals surface area contributed by atoms with E-state index in [0.717, 1.165) is 12.8 Å². The number of anilines is 1. The number of nitrogen functional groups attached to an aromatic ring is 1. The number of nitrogens with two attached hydrogens (primary N) is 1. The summed E-state index contributed by atoms with van der Waals surface area (Å²) in [5.41, 5.74) is 5.95. The van der Waals surface area contributed by atoms with E-state index in [0.29, 0.717) is 23.2 Å². The summed E-state index contributed by atoms with van der Waals surface area (Å²) in [4.78, 5) is 8.18. The molecule has 0 saturated heterocycles. The fraction of sp³-hybridized carbons (Fsp3) is 0.692. The summed E-state index contributed by atoms with van der Waals surface area (Å²) >= 11 is 0. The first-order chi connectivity index (χ1) is 7.94. The van der Waals surface area contributed by atoms with Gasteiger partial charge in [0.1, 0.15) is 11.9 Å². The van der Waals surface area contributed by atoms with Gasteiger partial charge < -0.3 is 10.5 Å². The van der Waals surface area contributed by atoms with Crippen LogP contribution in [0.25, 0.3) is 0 Å². The number of aromatic nitrogens is 2. The lowest BCUT2D eigenvalue weighted by atomic mass is 9.71. The first-order valence-corrected chi connectivity index (χ1v) is 6.20. The molecule has 4 nitrogen and oxygen atoms in total. The molecule has 1 aromatic heterocycles. The first-order valence-electron chi connectivity index (χ1n) is 6.20. The maximum Gasteiger partial charge on any atom is 0.318 e. The highest BCUT2D eigenvalue weighted by molar-refractivity contribution is 5.26. The number of hydrogen-bond acceptors (Lipinski definition) is 4. The fourth-order valence-corrected chi connectivity index (χ4v) is 2.91. The van der Waals surface area contributed by atoms with E-state index in [9.17, 15) is 0 Å². The summed E-state index contributed by atoms with van der Waals surface area (Å²) < 4.78 is 5.84. The zero-order valence-electron chi connectivity index (χ0n) is 10.8. The number of nitrogens with zero attached hydrogens (tertiary/aromatic N) is 2. The third kappa shape index (κ3) is 3.32. The summed E-state index contributed by atoms with van der Waals surface area (Å²) in [6.07, 6.45) is 5.21. The maximum absolute atomic E-state index is 5.84. The summed E-state index contributed by atoms with van der Waals surface area (Å²) in [5, 5.41) is 0. The van der Waals surface area contributed by atoms with Gasteiger partial charge in [0.25, 0.3) is 0 Å². The predicted molar refractivity (Wildman–Crippen MR) is 67.7 cm³/mol. The highest BCUT2D eigenvalue weighted by Gasteiger charge is 2.33. The maximum atomic E-state index is 5.84. The number of rotatable bonds is 2. The lowest BCUT2D eigenvalue weighted by molar-refractivity contribution is 0.0501. The fourth-order valence-electron chi connectivity index (χ4n) is 2.91. The number of ether oxygens (including phenoxy) is 1. The molecular formula is C13H21N3O. The third-order valence-electron chi connectivity index (χ3n) is 3.27. The van der Waals surface area contributed by atoms with E-state index in [1.807, 2.05) is 0 Å². The standard InChI is InChI=1S/C13H21N3O/c1-9-6-10(8-13(2,3)7-9)17-12-15-5-4-11(14)16-12/h4-5,9-10H,6-8H2,1-3H3,(H2,14,15,16). The molecule has 2 rings (SSSR count). The van der Waals surface area contributed by atoms with Gasteiger partial charge in [-0.1, -0.05) is 20.8 Å². The summed E-state index contributed by atoms with van der Waals surface area (Å²) in [7, 11) is 0. The average Bonchev–Trinajstić information content (AvgIpc) is 2.13. The van der Waals surface area contributed by atoms with E-state index in [1.54, 1.807) is 12.3 Å². The minimum absolute atomic E-state index is 0.204. The van der Waals surface area contributed by atoms with Crippen LogP contribution in [0, 0.1) is 11.3 Å². The van der Waals surface area contributed by atoms with Crippen LogP contribution in [0.4, 0.5) is 5.82 Å². The SMILES string of the molecule is CC1CC(Oc2nccc(N)n2)CC(C)(C)C1. The van der Waals surface area contributed by atoms with E-state index < -0.39 is 0 Å². The van der Waals surface area contributed by atoms with Crippen molar-refractivity contribution in [3.05, 3.63) is 12.3 Å². The zero-order valence-corrected chi connectivity index (χ0v) is 10.8. The van der Waals surface area contributed by atoms with E-state index in [-0.39, 0.29) is 6.10 Å². The van der Waals surface area contributed by atoms with Gasteiger partial charge >= 0.3 is 6.01 Å². The lowest BCUT2D eigenvalue weighted by Crippen LogP contribution is -2.34. The molecule has 17 heavy (non-hydrogen) atoms. The molecule has 1 aliphatic rings. The second kappa shape index (κ2) is 4.51. The molecule has 94 valence electrons. The van der Waals surface area contributed by atoms with Crippen molar-refractivity contribution in [2.75, 3.05) is 5.73 Å². The molecule has 0 radical (unpaired) electrons. The lowest BCUT2D eigenvalue weighted by Gasteiger charge is -2.38. The van der Waals surface area contributed by atoms with Crippen LogP contribution in [0.5, 0.6) is 6.01 Å². The summed E-state index contributed by atoms with van der Waals surface area (Å²) in [5.74, 6) is 1.14. The Labute approximate surface area is 103 Å². The van der Waals surface area contributed by atoms with Crippen molar-refractivity contribution in [3.63, 3.8) is 0 Å². The van der Waals surface area contributed by atoms with Crippen LogP contribution in [0.3, 0.4) is 0 Å². The van der Waals surface area contributed by atoms with Crippen LogP contribution in [0.2, 0.25) is 0 Å². The molecule has 1 heterocycles. The van der Waals surface area contributed by atoms with Crippen molar-refractivity contribution >= 4 is 5.82 Å². The van der Waals surface area contributed by atoms with E-state index in [2.05, 4.69) is 30.7 Å². The van der Waals surface area contributed by atoms with Crippen molar-refractivity contribution in [2.24, 2.45) is 11.3 Å².